The van der Waals surface area contributed by atoms with Crippen LogP contribution in [0.5, 0.6) is 11.5 Å². The lowest BCUT2D eigenvalue weighted by atomic mass is 9.97. The first-order valence-electron chi connectivity index (χ1n) is 4.71. The number of hydrogen-bond acceptors (Lipinski definition) is 4. The maximum atomic E-state index is 12.6. The van der Waals surface area contributed by atoms with Crippen LogP contribution in [-0.2, 0) is 6.18 Å². The first-order valence-corrected chi connectivity index (χ1v) is 4.71. The molecule has 0 fully saturated rings. The average Bonchev–Trinajstić information content (AvgIpc) is 2.18. The summed E-state index contributed by atoms with van der Waals surface area (Å²) in [4.78, 5) is 0. The molecule has 0 aliphatic heterocycles. The Morgan fingerprint density at radius 3 is 2.06 bits per heavy atom. The van der Waals surface area contributed by atoms with Crippen LogP contribution in [-0.4, -0.2) is 21.4 Å². The molecular formula is C10H12F3NO3. The van der Waals surface area contributed by atoms with Gasteiger partial charge in [-0.25, -0.2) is 0 Å². The quantitative estimate of drug-likeness (QED) is 0.600. The molecule has 2 atom stereocenters. The molecule has 96 valence electrons. The minimum Gasteiger partial charge on any atom is -0.504 e. The summed E-state index contributed by atoms with van der Waals surface area (Å²) in [5.74, 6) is -1.65. The zero-order valence-corrected chi connectivity index (χ0v) is 8.86. The van der Waals surface area contributed by atoms with Crippen LogP contribution in [0.15, 0.2) is 12.1 Å². The van der Waals surface area contributed by atoms with Crippen LogP contribution in [0.1, 0.15) is 24.2 Å². The smallest absolute Gasteiger partial charge is 0.416 e. The second kappa shape index (κ2) is 4.42. The molecule has 0 aromatic heterocycles. The van der Waals surface area contributed by atoms with Gasteiger partial charge in [-0.15, -0.1) is 0 Å². The number of aliphatic hydroxyl groups excluding tert-OH is 1. The van der Waals surface area contributed by atoms with Gasteiger partial charge >= 0.3 is 6.18 Å². The number of aliphatic hydroxyl groups is 1. The van der Waals surface area contributed by atoms with E-state index in [1.807, 2.05) is 0 Å². The molecule has 0 heterocycles. The highest BCUT2D eigenvalue weighted by Gasteiger charge is 2.36. The normalized spacial score (nSPS) is 15.6. The Hall–Kier alpha value is -1.47. The number of phenols is 2. The molecule has 4 nitrogen and oxygen atoms in total. The van der Waals surface area contributed by atoms with Crippen molar-refractivity contribution in [1.29, 1.82) is 0 Å². The lowest BCUT2D eigenvalue weighted by Crippen LogP contribution is -2.26. The van der Waals surface area contributed by atoms with Crippen LogP contribution in [0.25, 0.3) is 0 Å². The first-order chi connectivity index (χ1) is 7.64. The number of alkyl halides is 3. The van der Waals surface area contributed by atoms with Crippen LogP contribution in [0, 0.1) is 0 Å². The second-order valence-electron chi connectivity index (χ2n) is 3.73. The Labute approximate surface area is 95.1 Å². The van der Waals surface area contributed by atoms with Crippen molar-refractivity contribution in [3.63, 3.8) is 0 Å². The predicted octanol–water partition coefficient (Wildman–Crippen LogP) is 1.50. The van der Waals surface area contributed by atoms with Gasteiger partial charge in [0.25, 0.3) is 0 Å². The third-order valence-electron chi connectivity index (χ3n) is 2.27. The lowest BCUT2D eigenvalue weighted by Gasteiger charge is -2.20. The number of hydrogen-bond donors (Lipinski definition) is 4. The van der Waals surface area contributed by atoms with E-state index < -0.39 is 40.9 Å². The third kappa shape index (κ3) is 2.80. The largest absolute Gasteiger partial charge is 0.504 e. The summed E-state index contributed by atoms with van der Waals surface area (Å²) in [6, 6.07) is 0.0719. The lowest BCUT2D eigenvalue weighted by molar-refractivity contribution is -0.139. The Morgan fingerprint density at radius 1 is 1.18 bits per heavy atom. The highest BCUT2D eigenvalue weighted by Crippen LogP contribution is 2.40. The number of phenolic OH excluding ortho intramolecular Hbond substituents is 2. The molecule has 1 aromatic rings. The molecule has 17 heavy (non-hydrogen) atoms. The molecule has 1 aromatic carbocycles. The minimum absolute atomic E-state index is 0.357. The van der Waals surface area contributed by atoms with Gasteiger partial charge in [0, 0.05) is 6.04 Å². The molecule has 0 radical (unpaired) electrons. The van der Waals surface area contributed by atoms with Crippen molar-refractivity contribution >= 4 is 0 Å². The maximum absolute atomic E-state index is 12.6. The summed E-state index contributed by atoms with van der Waals surface area (Å²) in [7, 11) is 0. The molecule has 7 heteroatoms. The number of halogens is 3. The molecular weight excluding hydrogens is 239 g/mol. The van der Waals surface area contributed by atoms with Crippen molar-refractivity contribution in [1.82, 2.24) is 0 Å². The summed E-state index contributed by atoms with van der Waals surface area (Å²) in [6.45, 7) is 1.33. The summed E-state index contributed by atoms with van der Waals surface area (Å²) in [5, 5.41) is 27.7. The fraction of sp³-hybridized carbons (Fsp3) is 0.400. The van der Waals surface area contributed by atoms with Gasteiger partial charge in [-0.1, -0.05) is 0 Å². The maximum Gasteiger partial charge on any atom is 0.416 e. The van der Waals surface area contributed by atoms with Gasteiger partial charge < -0.3 is 21.1 Å². The monoisotopic (exact) mass is 251 g/mol. The fourth-order valence-electron chi connectivity index (χ4n) is 1.37. The zero-order chi connectivity index (χ0) is 13.4. The van der Waals surface area contributed by atoms with E-state index in [0.29, 0.717) is 12.1 Å². The average molecular weight is 251 g/mol. The van der Waals surface area contributed by atoms with Crippen LogP contribution >= 0.6 is 0 Å². The molecule has 0 spiro atoms. The first kappa shape index (κ1) is 13.6. The SMILES string of the molecule is CC(N)C(O)c1cc(O)c(O)cc1C(F)(F)F. The van der Waals surface area contributed by atoms with Crippen molar-refractivity contribution in [2.45, 2.75) is 25.2 Å². The number of aromatic hydroxyl groups is 2. The van der Waals surface area contributed by atoms with Crippen molar-refractivity contribution in [3.05, 3.63) is 23.3 Å². The van der Waals surface area contributed by atoms with Crippen molar-refractivity contribution in [3.8, 4) is 11.5 Å². The van der Waals surface area contributed by atoms with Gasteiger partial charge in [0.2, 0.25) is 0 Å². The van der Waals surface area contributed by atoms with Gasteiger partial charge in [0.05, 0.1) is 11.7 Å². The zero-order valence-electron chi connectivity index (χ0n) is 8.86. The molecule has 2 unspecified atom stereocenters. The topological polar surface area (TPSA) is 86.7 Å². The molecule has 0 bridgehead atoms. The van der Waals surface area contributed by atoms with E-state index in [2.05, 4.69) is 0 Å². The molecule has 0 amide bonds. The summed E-state index contributed by atoms with van der Waals surface area (Å²) in [6.07, 6.45) is -6.34. The van der Waals surface area contributed by atoms with E-state index in [0.717, 1.165) is 0 Å². The van der Waals surface area contributed by atoms with Crippen LogP contribution in [0.2, 0.25) is 0 Å². The van der Waals surface area contributed by atoms with Crippen molar-refractivity contribution in [2.75, 3.05) is 0 Å². The number of benzene rings is 1. The highest BCUT2D eigenvalue weighted by molar-refractivity contribution is 5.47. The molecule has 0 saturated heterocycles. The number of rotatable bonds is 2. The Balaban J connectivity index is 3.41. The van der Waals surface area contributed by atoms with Crippen molar-refractivity contribution < 1.29 is 28.5 Å². The standard InChI is InChI=1S/C10H12F3NO3/c1-4(14)9(17)5-2-7(15)8(16)3-6(5)10(11,12)13/h2-4,9,15-17H,14H2,1H3. The third-order valence-corrected chi connectivity index (χ3v) is 2.27. The molecule has 0 aliphatic rings. The molecule has 0 saturated carbocycles. The van der Waals surface area contributed by atoms with Gasteiger partial charge in [0.1, 0.15) is 0 Å². The van der Waals surface area contributed by atoms with E-state index >= 15 is 0 Å². The van der Waals surface area contributed by atoms with Gasteiger partial charge in [-0.3, -0.25) is 0 Å². The summed E-state index contributed by atoms with van der Waals surface area (Å²) in [5.41, 5.74) is 3.52. The second-order valence-corrected chi connectivity index (χ2v) is 3.73. The Morgan fingerprint density at radius 2 is 1.65 bits per heavy atom. The molecule has 5 N–H and O–H groups in total. The highest BCUT2D eigenvalue weighted by atomic mass is 19.4. The predicted molar refractivity (Wildman–Crippen MR) is 53.4 cm³/mol. The van der Waals surface area contributed by atoms with Gasteiger partial charge in [0.15, 0.2) is 11.5 Å². The van der Waals surface area contributed by atoms with Crippen molar-refractivity contribution in [2.24, 2.45) is 5.73 Å². The Bertz CT molecular complexity index is 418. The van der Waals surface area contributed by atoms with E-state index in [9.17, 15) is 18.3 Å². The fourth-order valence-corrected chi connectivity index (χ4v) is 1.37. The van der Waals surface area contributed by atoms with Crippen LogP contribution < -0.4 is 5.73 Å². The number of nitrogens with two attached hydrogens (primary N) is 1. The van der Waals surface area contributed by atoms with E-state index in [-0.39, 0.29) is 0 Å². The van der Waals surface area contributed by atoms with E-state index in [1.54, 1.807) is 0 Å². The van der Waals surface area contributed by atoms with Crippen LogP contribution in [0.3, 0.4) is 0 Å². The van der Waals surface area contributed by atoms with Gasteiger partial charge in [-0.2, -0.15) is 13.2 Å². The van der Waals surface area contributed by atoms with Crippen LogP contribution in [0.4, 0.5) is 13.2 Å². The van der Waals surface area contributed by atoms with Gasteiger partial charge in [-0.05, 0) is 24.6 Å². The Kier molecular flexibility index (Phi) is 3.53. The minimum atomic E-state index is -4.75. The van der Waals surface area contributed by atoms with E-state index in [4.69, 9.17) is 15.9 Å². The molecule has 0 aliphatic carbocycles. The summed E-state index contributed by atoms with van der Waals surface area (Å²) >= 11 is 0. The van der Waals surface area contributed by atoms with E-state index in [1.165, 1.54) is 6.92 Å². The molecule has 1 rings (SSSR count). The summed E-state index contributed by atoms with van der Waals surface area (Å²) < 4.78 is 37.9.